The summed E-state index contributed by atoms with van der Waals surface area (Å²) in [5, 5.41) is 16.1. The van der Waals surface area contributed by atoms with Crippen LogP contribution in [0, 0.1) is 17.0 Å². The number of hydrogen-bond donors (Lipinski definition) is 2. The number of nitrogens with one attached hydrogen (secondary N) is 2. The van der Waals surface area contributed by atoms with E-state index >= 15 is 0 Å². The quantitative estimate of drug-likeness (QED) is 0.517. The Hall–Kier alpha value is -2.80. The molecule has 0 bridgehead atoms. The van der Waals surface area contributed by atoms with Gasteiger partial charge in [-0.2, -0.15) is 0 Å². The second-order valence-electron chi connectivity index (χ2n) is 4.58. The lowest BCUT2D eigenvalue weighted by Crippen LogP contribution is -2.34. The first-order chi connectivity index (χ1) is 10.5. The third kappa shape index (κ3) is 4.10. The van der Waals surface area contributed by atoms with Gasteiger partial charge in [0.15, 0.2) is 5.11 Å². The molecular weight excluding hydrogens is 302 g/mol. The molecule has 0 aliphatic rings. The topological polar surface area (TPSA) is 84.3 Å². The molecule has 2 N–H and O–H groups in total. The summed E-state index contributed by atoms with van der Waals surface area (Å²) in [6, 6.07) is 12.8. The highest BCUT2D eigenvalue weighted by Crippen LogP contribution is 2.12. The number of aryl methyl sites for hydroxylation is 1. The molecule has 0 fully saturated rings. The van der Waals surface area contributed by atoms with Crippen molar-refractivity contribution in [3.05, 3.63) is 69.8 Å². The van der Waals surface area contributed by atoms with E-state index in [0.29, 0.717) is 5.56 Å². The van der Waals surface area contributed by atoms with Crippen molar-refractivity contribution < 1.29 is 9.72 Å². The Kier molecular flexibility index (Phi) is 4.80. The van der Waals surface area contributed by atoms with Crippen LogP contribution in [-0.2, 0) is 0 Å². The van der Waals surface area contributed by atoms with Crippen LogP contribution in [0.25, 0.3) is 0 Å². The van der Waals surface area contributed by atoms with Crippen molar-refractivity contribution in [3.8, 4) is 0 Å². The number of nitro benzene ring substituents is 1. The highest BCUT2D eigenvalue weighted by Gasteiger charge is 2.10. The number of benzene rings is 2. The van der Waals surface area contributed by atoms with Crippen LogP contribution in [0.3, 0.4) is 0 Å². The lowest BCUT2D eigenvalue weighted by atomic mass is 10.2. The summed E-state index contributed by atoms with van der Waals surface area (Å²) in [6.45, 7) is 1.97. The van der Waals surface area contributed by atoms with Gasteiger partial charge in [0.1, 0.15) is 0 Å². The van der Waals surface area contributed by atoms with Gasteiger partial charge in [-0.25, -0.2) is 0 Å². The molecule has 0 saturated carbocycles. The van der Waals surface area contributed by atoms with Crippen LogP contribution in [0.15, 0.2) is 48.5 Å². The number of rotatable bonds is 3. The number of anilines is 1. The molecule has 2 aromatic rings. The van der Waals surface area contributed by atoms with Gasteiger partial charge in [0.2, 0.25) is 0 Å². The zero-order valence-corrected chi connectivity index (χ0v) is 12.5. The van der Waals surface area contributed by atoms with Crippen LogP contribution < -0.4 is 10.6 Å². The van der Waals surface area contributed by atoms with E-state index in [1.807, 2.05) is 31.2 Å². The standard InChI is InChI=1S/C15H13N3O3S/c1-10-2-6-12(7-3-10)16-15(22)17-14(19)11-4-8-13(9-5-11)18(20)21/h2-9H,1H3,(H2,16,17,19,22). The van der Waals surface area contributed by atoms with Gasteiger partial charge >= 0.3 is 0 Å². The zero-order chi connectivity index (χ0) is 16.1. The average Bonchev–Trinajstić information content (AvgIpc) is 2.49. The van der Waals surface area contributed by atoms with Crippen molar-refractivity contribution in [2.24, 2.45) is 0 Å². The lowest BCUT2D eigenvalue weighted by Gasteiger charge is -2.09. The van der Waals surface area contributed by atoms with E-state index in [4.69, 9.17) is 12.2 Å². The molecule has 6 nitrogen and oxygen atoms in total. The summed E-state index contributed by atoms with van der Waals surface area (Å²) in [5.74, 6) is -0.431. The molecule has 7 heteroatoms. The summed E-state index contributed by atoms with van der Waals surface area (Å²) < 4.78 is 0. The normalized spacial score (nSPS) is 9.86. The highest BCUT2D eigenvalue weighted by molar-refractivity contribution is 7.80. The summed E-state index contributed by atoms with van der Waals surface area (Å²) in [5.41, 5.74) is 2.10. The molecule has 0 spiro atoms. The van der Waals surface area contributed by atoms with Gasteiger partial charge in [0.05, 0.1) is 4.92 Å². The molecule has 0 saturated heterocycles. The summed E-state index contributed by atoms with van der Waals surface area (Å²) in [6.07, 6.45) is 0. The number of nitro groups is 1. The van der Waals surface area contributed by atoms with E-state index in [2.05, 4.69) is 10.6 Å². The van der Waals surface area contributed by atoms with Crippen LogP contribution in [0.1, 0.15) is 15.9 Å². The Balaban J connectivity index is 1.97. The molecule has 112 valence electrons. The molecule has 0 aromatic heterocycles. The van der Waals surface area contributed by atoms with Crippen molar-refractivity contribution in [2.45, 2.75) is 6.92 Å². The van der Waals surface area contributed by atoms with E-state index in [1.54, 1.807) is 0 Å². The van der Waals surface area contributed by atoms with E-state index in [9.17, 15) is 14.9 Å². The van der Waals surface area contributed by atoms with Crippen LogP contribution in [0.5, 0.6) is 0 Å². The largest absolute Gasteiger partial charge is 0.332 e. The smallest absolute Gasteiger partial charge is 0.269 e. The fourth-order valence-corrected chi connectivity index (χ4v) is 1.92. The van der Waals surface area contributed by atoms with E-state index < -0.39 is 10.8 Å². The molecular formula is C15H13N3O3S. The predicted octanol–water partition coefficient (Wildman–Crippen LogP) is 3.03. The minimum Gasteiger partial charge on any atom is -0.332 e. The van der Waals surface area contributed by atoms with Gasteiger partial charge in [-0.05, 0) is 43.4 Å². The number of carbonyl (C=O) groups is 1. The van der Waals surface area contributed by atoms with Crippen molar-refractivity contribution in [1.82, 2.24) is 5.32 Å². The van der Waals surface area contributed by atoms with Crippen LogP contribution in [0.4, 0.5) is 11.4 Å². The number of non-ortho nitro benzene ring substituents is 1. The third-order valence-electron chi connectivity index (χ3n) is 2.88. The first-order valence-electron chi connectivity index (χ1n) is 6.39. The lowest BCUT2D eigenvalue weighted by molar-refractivity contribution is -0.384. The molecule has 22 heavy (non-hydrogen) atoms. The molecule has 2 aromatic carbocycles. The molecule has 0 aliphatic heterocycles. The third-order valence-corrected chi connectivity index (χ3v) is 3.08. The maximum atomic E-state index is 12.0. The Morgan fingerprint density at radius 1 is 1.09 bits per heavy atom. The first-order valence-corrected chi connectivity index (χ1v) is 6.80. The fourth-order valence-electron chi connectivity index (χ4n) is 1.71. The summed E-state index contributed by atoms with van der Waals surface area (Å²) >= 11 is 5.06. The Morgan fingerprint density at radius 2 is 1.68 bits per heavy atom. The molecule has 0 aliphatic carbocycles. The van der Waals surface area contributed by atoms with Crippen molar-refractivity contribution in [1.29, 1.82) is 0 Å². The minimum atomic E-state index is -0.523. The minimum absolute atomic E-state index is 0.0723. The van der Waals surface area contributed by atoms with Crippen LogP contribution >= 0.6 is 12.2 Å². The fraction of sp³-hybridized carbons (Fsp3) is 0.0667. The predicted molar refractivity (Wildman–Crippen MR) is 88.0 cm³/mol. The van der Waals surface area contributed by atoms with Gasteiger partial charge in [0, 0.05) is 23.4 Å². The second-order valence-corrected chi connectivity index (χ2v) is 4.99. The van der Waals surface area contributed by atoms with Gasteiger partial charge < -0.3 is 5.32 Å². The second kappa shape index (κ2) is 6.77. The average molecular weight is 315 g/mol. The van der Waals surface area contributed by atoms with Gasteiger partial charge in [-0.15, -0.1) is 0 Å². The first kappa shape index (κ1) is 15.6. The summed E-state index contributed by atoms with van der Waals surface area (Å²) in [7, 11) is 0. The van der Waals surface area contributed by atoms with Crippen molar-refractivity contribution in [3.63, 3.8) is 0 Å². The van der Waals surface area contributed by atoms with E-state index in [1.165, 1.54) is 24.3 Å². The van der Waals surface area contributed by atoms with Crippen LogP contribution in [-0.4, -0.2) is 15.9 Å². The monoisotopic (exact) mass is 315 g/mol. The Labute approximate surface area is 132 Å². The molecule has 0 unspecified atom stereocenters. The van der Waals surface area contributed by atoms with Gasteiger partial charge in [0.25, 0.3) is 11.6 Å². The van der Waals surface area contributed by atoms with E-state index in [0.717, 1.165) is 11.3 Å². The van der Waals surface area contributed by atoms with Crippen molar-refractivity contribution >= 4 is 34.6 Å². The molecule has 0 radical (unpaired) electrons. The van der Waals surface area contributed by atoms with Gasteiger partial charge in [-0.1, -0.05) is 17.7 Å². The number of amides is 1. The SMILES string of the molecule is Cc1ccc(NC(=S)NC(=O)c2ccc([N+](=O)[O-])cc2)cc1. The molecule has 0 heterocycles. The van der Waals surface area contributed by atoms with Crippen molar-refractivity contribution in [2.75, 3.05) is 5.32 Å². The Morgan fingerprint density at radius 3 is 2.23 bits per heavy atom. The molecule has 1 amide bonds. The maximum Gasteiger partial charge on any atom is 0.269 e. The number of nitrogens with zero attached hydrogens (tertiary/aromatic N) is 1. The van der Waals surface area contributed by atoms with Gasteiger partial charge in [-0.3, -0.25) is 20.2 Å². The maximum absolute atomic E-state index is 12.0. The Bertz CT molecular complexity index is 712. The summed E-state index contributed by atoms with van der Waals surface area (Å²) in [4.78, 5) is 22.0. The number of hydrogen-bond acceptors (Lipinski definition) is 4. The number of carbonyl (C=O) groups excluding carboxylic acids is 1. The zero-order valence-electron chi connectivity index (χ0n) is 11.7. The highest BCUT2D eigenvalue weighted by atomic mass is 32.1. The van der Waals surface area contributed by atoms with Crippen LogP contribution in [0.2, 0.25) is 0 Å². The van der Waals surface area contributed by atoms with E-state index in [-0.39, 0.29) is 10.8 Å². The molecule has 2 rings (SSSR count). The molecule has 0 atom stereocenters. The number of thiocarbonyl (C=S) groups is 1.